The molecule has 1 atom stereocenters. The molecule has 1 unspecified atom stereocenters. The molecule has 0 saturated heterocycles. The van der Waals surface area contributed by atoms with Crippen LogP contribution in [0.25, 0.3) is 0 Å². The monoisotopic (exact) mass is 296 g/mol. The Morgan fingerprint density at radius 1 is 1.45 bits per heavy atom. The highest BCUT2D eigenvalue weighted by atomic mass is 32.1. The van der Waals surface area contributed by atoms with E-state index in [9.17, 15) is 0 Å². The lowest BCUT2D eigenvalue weighted by molar-refractivity contribution is -0.00168. The van der Waals surface area contributed by atoms with Gasteiger partial charge in [-0.1, -0.05) is 20.8 Å². The van der Waals surface area contributed by atoms with Crippen molar-refractivity contribution >= 4 is 11.3 Å². The molecule has 0 bridgehead atoms. The maximum absolute atomic E-state index is 5.71. The average Bonchev–Trinajstić information content (AvgIpc) is 3.16. The topological polar surface area (TPSA) is 34.1 Å². The second kappa shape index (κ2) is 6.54. The minimum atomic E-state index is -0.242. The van der Waals surface area contributed by atoms with Crippen molar-refractivity contribution in [3.8, 4) is 0 Å². The Morgan fingerprint density at radius 3 is 2.65 bits per heavy atom. The molecule has 1 fully saturated rings. The van der Waals surface area contributed by atoms with Gasteiger partial charge < -0.3 is 10.1 Å². The van der Waals surface area contributed by atoms with Gasteiger partial charge in [0.2, 0.25) is 0 Å². The van der Waals surface area contributed by atoms with Crippen molar-refractivity contribution in [3.63, 3.8) is 0 Å². The van der Waals surface area contributed by atoms with Crippen molar-refractivity contribution in [1.82, 2.24) is 10.3 Å². The Labute approximate surface area is 127 Å². The fraction of sp³-hybridized carbons (Fsp3) is 0.812. The van der Waals surface area contributed by atoms with Gasteiger partial charge in [-0.3, -0.25) is 0 Å². The molecule has 0 amide bonds. The number of rotatable bonds is 8. The summed E-state index contributed by atoms with van der Waals surface area (Å²) in [6, 6.07) is 0.743. The number of hydrogen-bond acceptors (Lipinski definition) is 4. The zero-order valence-electron chi connectivity index (χ0n) is 13.5. The number of aromatic nitrogens is 1. The van der Waals surface area contributed by atoms with E-state index in [2.05, 4.69) is 33.0 Å². The molecule has 2 rings (SSSR count). The van der Waals surface area contributed by atoms with Crippen LogP contribution in [0.3, 0.4) is 0 Å². The highest BCUT2D eigenvalue weighted by molar-refractivity contribution is 7.11. The fourth-order valence-electron chi connectivity index (χ4n) is 2.20. The minimum absolute atomic E-state index is 0.242. The number of ether oxygens (including phenoxy) is 1. The summed E-state index contributed by atoms with van der Waals surface area (Å²) in [5, 5.41) is 4.75. The number of methoxy groups -OCH3 is 1. The Balaban J connectivity index is 2.19. The van der Waals surface area contributed by atoms with Crippen molar-refractivity contribution in [3.05, 3.63) is 15.6 Å². The smallest absolute Gasteiger partial charge is 0.125 e. The Morgan fingerprint density at radius 2 is 2.15 bits per heavy atom. The van der Waals surface area contributed by atoms with Crippen LogP contribution in [-0.2, 0) is 23.3 Å². The first kappa shape index (κ1) is 15.9. The maximum atomic E-state index is 5.71. The first-order valence-corrected chi connectivity index (χ1v) is 8.57. The van der Waals surface area contributed by atoms with E-state index in [-0.39, 0.29) is 5.60 Å². The lowest BCUT2D eigenvalue weighted by atomic mass is 10.0. The maximum Gasteiger partial charge on any atom is 0.125 e. The van der Waals surface area contributed by atoms with Crippen molar-refractivity contribution in [2.45, 2.75) is 71.6 Å². The molecule has 1 aliphatic rings. The van der Waals surface area contributed by atoms with Gasteiger partial charge in [-0.05, 0) is 38.5 Å². The van der Waals surface area contributed by atoms with Crippen LogP contribution >= 0.6 is 11.3 Å². The number of nitrogens with one attached hydrogen (secondary N) is 1. The van der Waals surface area contributed by atoms with Crippen LogP contribution in [0.5, 0.6) is 0 Å². The third-order valence-electron chi connectivity index (χ3n) is 4.09. The zero-order valence-corrected chi connectivity index (χ0v) is 14.3. The van der Waals surface area contributed by atoms with Crippen LogP contribution in [0.4, 0.5) is 0 Å². The first-order valence-electron chi connectivity index (χ1n) is 7.76. The van der Waals surface area contributed by atoms with E-state index in [1.807, 2.05) is 11.3 Å². The van der Waals surface area contributed by atoms with E-state index in [0.29, 0.717) is 5.92 Å². The summed E-state index contributed by atoms with van der Waals surface area (Å²) in [6.07, 6.45) is 4.67. The molecule has 1 heterocycles. The Bertz CT molecular complexity index is 434. The molecule has 1 saturated carbocycles. The molecule has 114 valence electrons. The van der Waals surface area contributed by atoms with E-state index >= 15 is 0 Å². The number of hydrogen-bond donors (Lipinski definition) is 1. The number of nitrogens with zero attached hydrogens (tertiary/aromatic N) is 1. The molecule has 1 aromatic heterocycles. The van der Waals surface area contributed by atoms with Crippen LogP contribution < -0.4 is 5.32 Å². The second-order valence-corrected chi connectivity index (χ2v) is 7.51. The first-order chi connectivity index (χ1) is 9.48. The fourth-order valence-corrected chi connectivity index (χ4v) is 3.44. The van der Waals surface area contributed by atoms with E-state index < -0.39 is 0 Å². The Kier molecular flexibility index (Phi) is 5.21. The lowest BCUT2D eigenvalue weighted by Crippen LogP contribution is -2.23. The van der Waals surface area contributed by atoms with Gasteiger partial charge in [0.15, 0.2) is 0 Å². The highest BCUT2D eigenvalue weighted by Gasteiger charge is 2.30. The summed E-state index contributed by atoms with van der Waals surface area (Å²) in [5.41, 5.74) is 1.03. The van der Waals surface area contributed by atoms with E-state index in [4.69, 9.17) is 9.72 Å². The van der Waals surface area contributed by atoms with Gasteiger partial charge in [-0.2, -0.15) is 0 Å². The summed E-state index contributed by atoms with van der Waals surface area (Å²) in [7, 11) is 1.79. The zero-order chi connectivity index (χ0) is 14.8. The largest absolute Gasteiger partial charge is 0.371 e. The van der Waals surface area contributed by atoms with Crippen LogP contribution in [0, 0.1) is 5.92 Å². The summed E-state index contributed by atoms with van der Waals surface area (Å²) in [5.74, 6) is 0.639. The highest BCUT2D eigenvalue weighted by Crippen LogP contribution is 2.34. The quantitative estimate of drug-likeness (QED) is 0.791. The molecule has 0 spiro atoms. The van der Waals surface area contributed by atoms with Crippen molar-refractivity contribution < 1.29 is 4.74 Å². The van der Waals surface area contributed by atoms with Gasteiger partial charge in [0.25, 0.3) is 0 Å². The molecular weight excluding hydrogens is 268 g/mol. The van der Waals surface area contributed by atoms with Crippen molar-refractivity contribution in [1.29, 1.82) is 0 Å². The van der Waals surface area contributed by atoms with Crippen LogP contribution in [0.2, 0.25) is 0 Å². The normalized spacial score (nSPS) is 18.5. The standard InChI is InChI=1S/C16H28N2OS/c1-6-16(4,19-5)15-18-13(9-11(2)3)14(20-15)10-17-12-7-8-12/h11-12,17H,6-10H2,1-5H3. The third-order valence-corrected chi connectivity index (χ3v) is 5.43. The third kappa shape index (κ3) is 3.80. The van der Waals surface area contributed by atoms with Gasteiger partial charge in [0, 0.05) is 24.6 Å². The summed E-state index contributed by atoms with van der Waals surface area (Å²) >= 11 is 1.83. The van der Waals surface area contributed by atoms with Gasteiger partial charge >= 0.3 is 0 Å². The second-order valence-electron chi connectivity index (χ2n) is 6.43. The number of thiazole rings is 1. The molecule has 1 N–H and O–H groups in total. The van der Waals surface area contributed by atoms with E-state index in [1.165, 1.54) is 23.4 Å². The molecule has 3 nitrogen and oxygen atoms in total. The van der Waals surface area contributed by atoms with Crippen LogP contribution in [0.1, 0.15) is 62.5 Å². The summed E-state index contributed by atoms with van der Waals surface area (Å²) in [4.78, 5) is 6.32. The molecular formula is C16H28N2OS. The van der Waals surface area contributed by atoms with E-state index in [0.717, 1.165) is 30.4 Å². The molecule has 20 heavy (non-hydrogen) atoms. The molecule has 1 aliphatic carbocycles. The molecule has 0 aliphatic heterocycles. The van der Waals surface area contributed by atoms with Gasteiger partial charge in [0.1, 0.15) is 10.6 Å². The predicted molar refractivity (Wildman–Crippen MR) is 85.2 cm³/mol. The van der Waals surface area contributed by atoms with Gasteiger partial charge in [-0.15, -0.1) is 11.3 Å². The van der Waals surface area contributed by atoms with Gasteiger partial charge in [0.05, 0.1) is 5.69 Å². The molecule has 0 radical (unpaired) electrons. The molecule has 4 heteroatoms. The SMILES string of the molecule is CCC(C)(OC)c1nc(CC(C)C)c(CNC2CC2)s1. The van der Waals surface area contributed by atoms with Crippen LogP contribution in [-0.4, -0.2) is 18.1 Å². The summed E-state index contributed by atoms with van der Waals surface area (Å²) < 4.78 is 5.71. The average molecular weight is 296 g/mol. The van der Waals surface area contributed by atoms with E-state index in [1.54, 1.807) is 7.11 Å². The van der Waals surface area contributed by atoms with Crippen molar-refractivity contribution in [2.24, 2.45) is 5.92 Å². The predicted octanol–water partition coefficient (Wildman–Crippen LogP) is 3.87. The summed E-state index contributed by atoms with van der Waals surface area (Å²) in [6.45, 7) is 9.78. The lowest BCUT2D eigenvalue weighted by Gasteiger charge is -2.23. The molecule has 0 aromatic carbocycles. The Hall–Kier alpha value is -0.450. The van der Waals surface area contributed by atoms with Crippen LogP contribution in [0.15, 0.2) is 0 Å². The van der Waals surface area contributed by atoms with Crippen molar-refractivity contribution in [2.75, 3.05) is 7.11 Å². The van der Waals surface area contributed by atoms with Gasteiger partial charge in [-0.25, -0.2) is 4.98 Å². The minimum Gasteiger partial charge on any atom is -0.371 e. The molecule has 1 aromatic rings.